The van der Waals surface area contributed by atoms with Crippen molar-refractivity contribution in [1.29, 1.82) is 0 Å². The number of carboxylic acids is 2. The van der Waals surface area contributed by atoms with Gasteiger partial charge in [0.05, 0.1) is 25.6 Å². The van der Waals surface area contributed by atoms with Crippen LogP contribution in [0.2, 0.25) is 6.32 Å². The van der Waals surface area contributed by atoms with Crippen molar-refractivity contribution in [1.82, 2.24) is 4.90 Å². The first kappa shape index (κ1) is 26.4. The maximum Gasteiger partial charge on any atom is 0.522 e. The molecule has 0 bridgehead atoms. The molecule has 1 fully saturated rings. The second-order valence-corrected chi connectivity index (χ2v) is 8.10. The number of halogens is 1. The number of carbonyl (C=O) groups excluding carboxylic acids is 2. The summed E-state index contributed by atoms with van der Waals surface area (Å²) in [5, 5.41) is 28.1. The molecule has 2 atom stereocenters. The highest BCUT2D eigenvalue weighted by atomic mass is 35.5. The van der Waals surface area contributed by atoms with Gasteiger partial charge < -0.3 is 35.3 Å². The Bertz CT molecular complexity index is 938. The number of carboxylic acid groups (broad SMARTS) is 2. The molecule has 0 saturated carbocycles. The van der Waals surface area contributed by atoms with Gasteiger partial charge >= 0.3 is 19.1 Å². The molecule has 3 rings (SSSR count). The Labute approximate surface area is 196 Å². The Hall–Kier alpha value is -2.83. The molecule has 1 aromatic rings. The van der Waals surface area contributed by atoms with Crippen LogP contribution in [0.4, 0.5) is 0 Å². The van der Waals surface area contributed by atoms with Crippen LogP contribution in [0.25, 0.3) is 0 Å². The molecule has 1 aromatic carbocycles. The number of nitrogens with zero attached hydrogens (tertiary/aromatic N) is 1. The van der Waals surface area contributed by atoms with Crippen molar-refractivity contribution in [3.05, 3.63) is 23.3 Å². The predicted octanol–water partition coefficient (Wildman–Crippen LogP) is 0.209. The maximum atomic E-state index is 12.5. The lowest BCUT2D eigenvalue weighted by Crippen LogP contribution is -2.57. The molecule has 0 aliphatic carbocycles. The molecule has 0 unspecified atom stereocenters. The highest BCUT2D eigenvalue weighted by molar-refractivity contribution is 6.44. The van der Waals surface area contributed by atoms with Crippen LogP contribution in [0.15, 0.2) is 12.1 Å². The minimum Gasteiger partial charge on any atom is -0.535 e. The van der Waals surface area contributed by atoms with Crippen molar-refractivity contribution < 1.29 is 43.8 Å². The van der Waals surface area contributed by atoms with E-state index >= 15 is 0 Å². The van der Waals surface area contributed by atoms with Crippen molar-refractivity contribution in [3.8, 4) is 11.5 Å². The first-order valence-electron chi connectivity index (χ1n) is 10.3. The summed E-state index contributed by atoms with van der Waals surface area (Å²) < 4.78 is 11.1. The minimum absolute atomic E-state index is 0. The molecule has 2 heterocycles. The van der Waals surface area contributed by atoms with Gasteiger partial charge in [-0.05, 0) is 24.4 Å². The van der Waals surface area contributed by atoms with E-state index in [1.165, 1.54) is 4.90 Å². The number of hydrogen-bond donors (Lipinski definition) is 4. The van der Waals surface area contributed by atoms with Gasteiger partial charge in [0.2, 0.25) is 5.91 Å². The Kier molecular flexibility index (Phi) is 8.70. The number of aliphatic carboxylic acids is 1. The van der Waals surface area contributed by atoms with E-state index in [2.05, 4.69) is 0 Å². The minimum atomic E-state index is -1.25. The third-order valence-corrected chi connectivity index (χ3v) is 5.52. The molecule has 1 saturated heterocycles. The molecule has 5 N–H and O–H groups in total. The fourth-order valence-electron chi connectivity index (χ4n) is 3.74. The fourth-order valence-corrected chi connectivity index (χ4v) is 3.74. The molecule has 180 valence electrons. The summed E-state index contributed by atoms with van der Waals surface area (Å²) in [5.74, 6) is -3.72. The van der Waals surface area contributed by atoms with Gasteiger partial charge in [0.1, 0.15) is 23.2 Å². The second kappa shape index (κ2) is 10.9. The Morgan fingerprint density at radius 3 is 2.52 bits per heavy atom. The number of carbonyl (C=O) groups is 4. The van der Waals surface area contributed by atoms with Crippen LogP contribution in [-0.4, -0.2) is 76.1 Å². The third kappa shape index (κ3) is 6.15. The summed E-state index contributed by atoms with van der Waals surface area (Å²) in [6.45, 7) is 1.98. The van der Waals surface area contributed by atoms with Crippen molar-refractivity contribution in [2.45, 2.75) is 44.7 Å². The van der Waals surface area contributed by atoms with Crippen molar-refractivity contribution in [2.24, 2.45) is 11.7 Å². The van der Waals surface area contributed by atoms with Crippen LogP contribution >= 0.6 is 12.4 Å². The number of likely N-dealkylation sites (tertiary alicyclic amines) is 1. The van der Waals surface area contributed by atoms with Crippen LogP contribution in [-0.2, 0) is 20.8 Å². The zero-order valence-corrected chi connectivity index (χ0v) is 18.7. The smallest absolute Gasteiger partial charge is 0.522 e. The normalized spacial score (nSPS) is 16.9. The number of Topliss-reactive ketones (excluding diaryl/α,β-unsaturated/α-hetero) is 1. The fraction of sp³-hybridized carbons (Fsp3) is 0.500. The van der Waals surface area contributed by atoms with Gasteiger partial charge in [0, 0.05) is 12.3 Å². The molecule has 0 radical (unpaired) electrons. The third-order valence-electron chi connectivity index (χ3n) is 5.52. The van der Waals surface area contributed by atoms with Gasteiger partial charge in [-0.25, -0.2) is 4.79 Å². The van der Waals surface area contributed by atoms with E-state index in [1.807, 2.05) is 0 Å². The predicted molar refractivity (Wildman–Crippen MR) is 118 cm³/mol. The monoisotopic (exact) mass is 484 g/mol. The van der Waals surface area contributed by atoms with Gasteiger partial charge in [0.25, 0.3) is 0 Å². The molecular weight excluding hydrogens is 458 g/mol. The Morgan fingerprint density at radius 1 is 1.24 bits per heavy atom. The van der Waals surface area contributed by atoms with Gasteiger partial charge in [-0.15, -0.1) is 12.4 Å². The first-order valence-corrected chi connectivity index (χ1v) is 10.3. The van der Waals surface area contributed by atoms with Gasteiger partial charge in [-0.3, -0.25) is 14.4 Å². The van der Waals surface area contributed by atoms with Gasteiger partial charge in [0.15, 0.2) is 5.78 Å². The summed E-state index contributed by atoms with van der Waals surface area (Å²) in [4.78, 5) is 48.5. The quantitative estimate of drug-likeness (QED) is 0.354. The van der Waals surface area contributed by atoms with E-state index in [0.717, 1.165) is 0 Å². The molecule has 33 heavy (non-hydrogen) atoms. The van der Waals surface area contributed by atoms with Crippen LogP contribution in [0, 0.1) is 5.92 Å². The number of aromatic carboxylic acids is 1. The summed E-state index contributed by atoms with van der Waals surface area (Å²) in [5.41, 5.74) is 6.05. The lowest BCUT2D eigenvalue weighted by atomic mass is 9.78. The molecule has 0 spiro atoms. The van der Waals surface area contributed by atoms with E-state index in [-0.39, 0.29) is 54.9 Å². The van der Waals surface area contributed by atoms with E-state index in [1.54, 1.807) is 19.1 Å². The number of rotatable bonds is 9. The SMILES string of the molecule is C[C@@H](CC(=O)[C@H](N)CC(=O)O)C(=O)N1CC(Oc2ccc3c(c2C(=O)O)OB(O)CC3)C1.Cl. The summed E-state index contributed by atoms with van der Waals surface area (Å²) in [6.07, 6.45) is -0.250. The van der Waals surface area contributed by atoms with Crippen LogP contribution in [0.3, 0.4) is 0 Å². The van der Waals surface area contributed by atoms with E-state index < -0.39 is 49.3 Å². The zero-order valence-electron chi connectivity index (χ0n) is 17.9. The number of aryl methyl sites for hydroxylation is 1. The number of hydrogen-bond acceptors (Lipinski definition) is 8. The number of ether oxygens (including phenoxy) is 1. The number of amides is 1. The number of nitrogens with two attached hydrogens (primary N) is 1. The molecular formula is C20H26BClN2O9. The Morgan fingerprint density at radius 2 is 1.91 bits per heavy atom. The average molecular weight is 485 g/mol. The maximum absolute atomic E-state index is 12.5. The van der Waals surface area contributed by atoms with Crippen molar-refractivity contribution in [2.75, 3.05) is 13.1 Å². The number of benzene rings is 1. The lowest BCUT2D eigenvalue weighted by molar-refractivity contribution is -0.145. The molecule has 0 aromatic heterocycles. The summed E-state index contributed by atoms with van der Waals surface area (Å²) >= 11 is 0. The molecule has 13 heteroatoms. The van der Waals surface area contributed by atoms with E-state index in [0.29, 0.717) is 18.3 Å². The number of ketones is 1. The highest BCUT2D eigenvalue weighted by Crippen LogP contribution is 2.37. The van der Waals surface area contributed by atoms with Crippen LogP contribution < -0.4 is 15.1 Å². The van der Waals surface area contributed by atoms with E-state index in [4.69, 9.17) is 20.2 Å². The zero-order chi connectivity index (χ0) is 23.6. The van der Waals surface area contributed by atoms with Gasteiger partial charge in [-0.1, -0.05) is 13.0 Å². The van der Waals surface area contributed by atoms with Crippen LogP contribution in [0.1, 0.15) is 35.7 Å². The Balaban J connectivity index is 0.00000385. The molecule has 11 nitrogen and oxygen atoms in total. The van der Waals surface area contributed by atoms with Crippen molar-refractivity contribution >= 4 is 43.2 Å². The second-order valence-electron chi connectivity index (χ2n) is 8.10. The largest absolute Gasteiger partial charge is 0.535 e. The summed E-state index contributed by atoms with van der Waals surface area (Å²) in [6, 6.07) is 2.08. The average Bonchev–Trinajstić information content (AvgIpc) is 2.68. The molecule has 2 aliphatic heterocycles. The van der Waals surface area contributed by atoms with Gasteiger partial charge in [-0.2, -0.15) is 0 Å². The molecule has 1 amide bonds. The first-order chi connectivity index (χ1) is 15.1. The van der Waals surface area contributed by atoms with Crippen LogP contribution in [0.5, 0.6) is 11.5 Å². The highest BCUT2D eigenvalue weighted by Gasteiger charge is 2.37. The van der Waals surface area contributed by atoms with Crippen molar-refractivity contribution in [3.63, 3.8) is 0 Å². The summed E-state index contributed by atoms with van der Waals surface area (Å²) in [7, 11) is -1.08. The topological polar surface area (TPSA) is 177 Å². The number of fused-ring (bicyclic) bond motifs is 1. The lowest BCUT2D eigenvalue weighted by Gasteiger charge is -2.40. The van der Waals surface area contributed by atoms with E-state index in [9.17, 15) is 29.3 Å². The molecule has 2 aliphatic rings. The standard InChI is InChI=1S/C20H25BN2O9.ClH/c1-10(6-14(24)13(22)7-16(25)26)19(27)23-8-12(9-23)31-15-3-2-11-4-5-21(30)32-18(11)17(15)20(28)29;/h2-3,10,12-13,30H,4-9,22H2,1H3,(H,25,26)(H,28,29);1H/t10-,13+;/m0./s1.